The molecule has 1 atom stereocenters. The van der Waals surface area contributed by atoms with Crippen molar-refractivity contribution in [1.29, 1.82) is 0 Å². The summed E-state index contributed by atoms with van der Waals surface area (Å²) in [4.78, 5) is 15.1. The second-order valence-electron chi connectivity index (χ2n) is 4.02. The van der Waals surface area contributed by atoms with Crippen molar-refractivity contribution in [3.05, 3.63) is 30.1 Å². The van der Waals surface area contributed by atoms with E-state index in [0.29, 0.717) is 0 Å². The molecule has 16 heavy (non-hydrogen) atoms. The SMILES string of the molecule is CC(CC(=O)O)c1nc2ccccc2n1C. The minimum Gasteiger partial charge on any atom is -0.481 e. The molecule has 0 amide bonds. The average Bonchev–Trinajstić information content (AvgIpc) is 2.56. The van der Waals surface area contributed by atoms with Gasteiger partial charge in [-0.3, -0.25) is 4.79 Å². The molecule has 1 unspecified atom stereocenters. The third kappa shape index (κ3) is 1.78. The van der Waals surface area contributed by atoms with Crippen LogP contribution in [-0.2, 0) is 11.8 Å². The molecule has 0 fully saturated rings. The molecule has 4 nitrogen and oxygen atoms in total. The van der Waals surface area contributed by atoms with Gasteiger partial charge < -0.3 is 9.67 Å². The normalized spacial score (nSPS) is 12.9. The van der Waals surface area contributed by atoms with Crippen LogP contribution in [0.25, 0.3) is 11.0 Å². The van der Waals surface area contributed by atoms with E-state index in [9.17, 15) is 4.79 Å². The highest BCUT2D eigenvalue weighted by atomic mass is 16.4. The van der Waals surface area contributed by atoms with Gasteiger partial charge in [0.25, 0.3) is 0 Å². The topological polar surface area (TPSA) is 55.1 Å². The van der Waals surface area contributed by atoms with Gasteiger partial charge in [0.2, 0.25) is 0 Å². The number of carboxylic acid groups (broad SMARTS) is 1. The molecule has 84 valence electrons. The maximum atomic E-state index is 10.7. The Kier molecular flexibility index (Phi) is 2.64. The first-order valence-electron chi connectivity index (χ1n) is 5.22. The second kappa shape index (κ2) is 3.96. The maximum absolute atomic E-state index is 10.7. The van der Waals surface area contributed by atoms with E-state index >= 15 is 0 Å². The molecule has 2 aromatic rings. The summed E-state index contributed by atoms with van der Waals surface area (Å²) in [5.41, 5.74) is 1.95. The van der Waals surface area contributed by atoms with E-state index in [0.717, 1.165) is 16.9 Å². The van der Waals surface area contributed by atoms with Crippen LogP contribution in [0.1, 0.15) is 25.1 Å². The number of para-hydroxylation sites is 2. The van der Waals surface area contributed by atoms with Crippen LogP contribution in [0.3, 0.4) is 0 Å². The summed E-state index contributed by atoms with van der Waals surface area (Å²) < 4.78 is 1.96. The van der Waals surface area contributed by atoms with Crippen LogP contribution in [0.4, 0.5) is 0 Å². The minimum atomic E-state index is -0.792. The molecular formula is C12H14N2O2. The van der Waals surface area contributed by atoms with Crippen LogP contribution in [0.2, 0.25) is 0 Å². The largest absolute Gasteiger partial charge is 0.481 e. The van der Waals surface area contributed by atoms with E-state index in [2.05, 4.69) is 4.98 Å². The zero-order valence-corrected chi connectivity index (χ0v) is 9.34. The third-order valence-electron chi connectivity index (χ3n) is 2.74. The van der Waals surface area contributed by atoms with Crippen molar-refractivity contribution in [3.8, 4) is 0 Å². The van der Waals surface area contributed by atoms with E-state index in [1.54, 1.807) is 0 Å². The zero-order chi connectivity index (χ0) is 11.7. The van der Waals surface area contributed by atoms with E-state index in [1.807, 2.05) is 42.8 Å². The highest BCUT2D eigenvalue weighted by Gasteiger charge is 2.16. The Labute approximate surface area is 93.5 Å². The van der Waals surface area contributed by atoms with E-state index in [4.69, 9.17) is 5.11 Å². The van der Waals surface area contributed by atoms with Crippen molar-refractivity contribution in [2.24, 2.45) is 7.05 Å². The molecule has 0 aliphatic carbocycles. The van der Waals surface area contributed by atoms with Crippen LogP contribution in [0.15, 0.2) is 24.3 Å². The molecule has 0 saturated carbocycles. The first-order valence-corrected chi connectivity index (χ1v) is 5.22. The standard InChI is InChI=1S/C12H14N2O2/c1-8(7-11(15)16)12-13-9-5-3-4-6-10(9)14(12)2/h3-6,8H,7H2,1-2H3,(H,15,16). The number of aliphatic carboxylic acids is 1. The van der Waals surface area contributed by atoms with E-state index in [-0.39, 0.29) is 12.3 Å². The van der Waals surface area contributed by atoms with E-state index < -0.39 is 5.97 Å². The van der Waals surface area contributed by atoms with Crippen molar-refractivity contribution in [1.82, 2.24) is 9.55 Å². The van der Waals surface area contributed by atoms with Crippen molar-refractivity contribution < 1.29 is 9.90 Å². The van der Waals surface area contributed by atoms with Crippen molar-refractivity contribution in [2.45, 2.75) is 19.3 Å². The molecule has 1 heterocycles. The molecule has 1 aromatic heterocycles. The molecule has 2 rings (SSSR count). The van der Waals surface area contributed by atoms with Gasteiger partial charge in [-0.1, -0.05) is 19.1 Å². The number of nitrogens with zero attached hydrogens (tertiary/aromatic N) is 2. The van der Waals surface area contributed by atoms with Crippen LogP contribution in [-0.4, -0.2) is 20.6 Å². The summed E-state index contributed by atoms with van der Waals surface area (Å²) in [6, 6.07) is 7.81. The van der Waals surface area contributed by atoms with Crippen molar-refractivity contribution in [2.75, 3.05) is 0 Å². The number of imidazole rings is 1. The molecule has 1 N–H and O–H groups in total. The Bertz CT molecular complexity index is 531. The van der Waals surface area contributed by atoms with Gasteiger partial charge in [-0.05, 0) is 12.1 Å². The number of carbonyl (C=O) groups is 1. The molecular weight excluding hydrogens is 204 g/mol. The first kappa shape index (κ1) is 10.7. The first-order chi connectivity index (χ1) is 7.59. The van der Waals surface area contributed by atoms with Crippen LogP contribution >= 0.6 is 0 Å². The summed E-state index contributed by atoms with van der Waals surface area (Å²) in [6.45, 7) is 1.88. The number of benzene rings is 1. The monoisotopic (exact) mass is 218 g/mol. The van der Waals surface area contributed by atoms with Gasteiger partial charge in [-0.2, -0.15) is 0 Å². The Morgan fingerprint density at radius 2 is 2.19 bits per heavy atom. The minimum absolute atomic E-state index is 0.0742. The zero-order valence-electron chi connectivity index (χ0n) is 9.34. The van der Waals surface area contributed by atoms with E-state index in [1.165, 1.54) is 0 Å². The summed E-state index contributed by atoms with van der Waals surface area (Å²) >= 11 is 0. The summed E-state index contributed by atoms with van der Waals surface area (Å²) in [7, 11) is 1.92. The van der Waals surface area contributed by atoms with Crippen LogP contribution < -0.4 is 0 Å². The predicted molar refractivity (Wildman–Crippen MR) is 61.4 cm³/mol. The molecule has 0 bridgehead atoms. The number of fused-ring (bicyclic) bond motifs is 1. The molecule has 0 spiro atoms. The Morgan fingerprint density at radius 3 is 2.81 bits per heavy atom. The lowest BCUT2D eigenvalue weighted by atomic mass is 10.1. The second-order valence-corrected chi connectivity index (χ2v) is 4.02. The number of hydrogen-bond acceptors (Lipinski definition) is 2. The summed E-state index contributed by atoms with van der Waals surface area (Å²) in [5, 5.41) is 8.77. The Balaban J connectivity index is 2.45. The number of carboxylic acids is 1. The van der Waals surface area contributed by atoms with Crippen LogP contribution in [0, 0.1) is 0 Å². The van der Waals surface area contributed by atoms with Gasteiger partial charge >= 0.3 is 5.97 Å². The molecule has 4 heteroatoms. The van der Waals surface area contributed by atoms with Crippen LogP contribution in [0.5, 0.6) is 0 Å². The molecule has 0 aliphatic heterocycles. The molecule has 0 saturated heterocycles. The lowest BCUT2D eigenvalue weighted by molar-refractivity contribution is -0.137. The number of hydrogen-bond donors (Lipinski definition) is 1. The highest BCUT2D eigenvalue weighted by Crippen LogP contribution is 2.22. The van der Waals surface area contributed by atoms with Gasteiger partial charge in [-0.15, -0.1) is 0 Å². The van der Waals surface area contributed by atoms with Gasteiger partial charge in [-0.25, -0.2) is 4.98 Å². The third-order valence-corrected chi connectivity index (χ3v) is 2.74. The number of aromatic nitrogens is 2. The fourth-order valence-corrected chi connectivity index (χ4v) is 1.96. The number of aryl methyl sites for hydroxylation is 1. The molecule has 0 radical (unpaired) electrons. The molecule has 0 aliphatic rings. The van der Waals surface area contributed by atoms with Gasteiger partial charge in [0, 0.05) is 13.0 Å². The van der Waals surface area contributed by atoms with Gasteiger partial charge in [0.1, 0.15) is 5.82 Å². The van der Waals surface area contributed by atoms with Gasteiger partial charge in [0.15, 0.2) is 0 Å². The quantitative estimate of drug-likeness (QED) is 0.858. The summed E-state index contributed by atoms with van der Waals surface area (Å²) in [5.74, 6) is -0.0435. The van der Waals surface area contributed by atoms with Crippen molar-refractivity contribution >= 4 is 17.0 Å². The fraction of sp³-hybridized carbons (Fsp3) is 0.333. The number of rotatable bonds is 3. The lowest BCUT2D eigenvalue weighted by Crippen LogP contribution is -2.08. The lowest BCUT2D eigenvalue weighted by Gasteiger charge is -2.08. The van der Waals surface area contributed by atoms with Gasteiger partial charge in [0.05, 0.1) is 17.5 Å². The average molecular weight is 218 g/mol. The Hall–Kier alpha value is -1.84. The highest BCUT2D eigenvalue weighted by molar-refractivity contribution is 5.76. The summed E-state index contributed by atoms with van der Waals surface area (Å²) in [6.07, 6.45) is 0.108. The molecule has 1 aromatic carbocycles. The van der Waals surface area contributed by atoms with Crippen molar-refractivity contribution in [3.63, 3.8) is 0 Å². The Morgan fingerprint density at radius 1 is 1.50 bits per heavy atom. The smallest absolute Gasteiger partial charge is 0.304 e. The predicted octanol–water partition coefficient (Wildman–Crippen LogP) is 2.15. The maximum Gasteiger partial charge on any atom is 0.304 e. The fourth-order valence-electron chi connectivity index (χ4n) is 1.96.